The summed E-state index contributed by atoms with van der Waals surface area (Å²) in [6.45, 7) is 1.44. The van der Waals surface area contributed by atoms with Gasteiger partial charge in [-0.2, -0.15) is 13.2 Å². The van der Waals surface area contributed by atoms with Crippen LogP contribution in [-0.2, 0) is 6.18 Å². The smallest absolute Gasteiger partial charge is 0.396 e. The van der Waals surface area contributed by atoms with Crippen molar-refractivity contribution in [3.63, 3.8) is 0 Å². The zero-order valence-electron chi connectivity index (χ0n) is 9.30. The van der Waals surface area contributed by atoms with Crippen LogP contribution < -0.4 is 10.6 Å². The fourth-order valence-corrected chi connectivity index (χ4v) is 1.98. The number of hydrogen-bond acceptors (Lipinski definition) is 3. The van der Waals surface area contributed by atoms with Crippen LogP contribution in [-0.4, -0.2) is 18.1 Å². The molecule has 0 aromatic carbocycles. The Morgan fingerprint density at radius 1 is 1.12 bits per heavy atom. The third kappa shape index (κ3) is 2.62. The van der Waals surface area contributed by atoms with Crippen molar-refractivity contribution in [2.45, 2.75) is 25.4 Å². The molecular formula is C11H14F3N3. The third-order valence-corrected chi connectivity index (χ3v) is 2.85. The van der Waals surface area contributed by atoms with Crippen LogP contribution in [0.3, 0.4) is 0 Å². The lowest BCUT2D eigenvalue weighted by molar-refractivity contribution is -0.141. The van der Waals surface area contributed by atoms with Crippen molar-refractivity contribution in [3.8, 4) is 0 Å². The Bertz CT molecular complexity index is 397. The fourth-order valence-electron chi connectivity index (χ4n) is 1.98. The van der Waals surface area contributed by atoms with Gasteiger partial charge in [0.05, 0.1) is 5.69 Å². The van der Waals surface area contributed by atoms with Crippen molar-refractivity contribution in [2.24, 2.45) is 0 Å². The Labute approximate surface area is 97.4 Å². The van der Waals surface area contributed by atoms with Crippen molar-refractivity contribution in [1.29, 1.82) is 0 Å². The van der Waals surface area contributed by atoms with Crippen LogP contribution in [0.1, 0.15) is 25.0 Å². The highest BCUT2D eigenvalue weighted by Gasteiger charge is 2.33. The van der Waals surface area contributed by atoms with Crippen LogP contribution in [0.4, 0.5) is 24.7 Å². The number of pyridine rings is 1. The molecule has 0 unspecified atom stereocenters. The predicted molar refractivity (Wildman–Crippen MR) is 59.7 cm³/mol. The fraction of sp³-hybridized carbons (Fsp3) is 0.545. The Balaban J connectivity index is 2.31. The minimum absolute atomic E-state index is 0.263. The van der Waals surface area contributed by atoms with Gasteiger partial charge in [0.2, 0.25) is 0 Å². The van der Waals surface area contributed by atoms with E-state index in [9.17, 15) is 13.2 Å². The molecule has 1 aromatic rings. The summed E-state index contributed by atoms with van der Waals surface area (Å²) in [5, 5.41) is 0. The van der Waals surface area contributed by atoms with Crippen molar-refractivity contribution in [3.05, 3.63) is 17.8 Å². The van der Waals surface area contributed by atoms with Gasteiger partial charge in [0.1, 0.15) is 5.69 Å². The molecule has 17 heavy (non-hydrogen) atoms. The van der Waals surface area contributed by atoms with Crippen molar-refractivity contribution in [2.75, 3.05) is 23.7 Å². The van der Waals surface area contributed by atoms with Gasteiger partial charge in [-0.15, -0.1) is 0 Å². The molecule has 6 heteroatoms. The van der Waals surface area contributed by atoms with E-state index < -0.39 is 11.9 Å². The first kappa shape index (κ1) is 12.0. The molecule has 1 fully saturated rings. The van der Waals surface area contributed by atoms with E-state index in [4.69, 9.17) is 5.73 Å². The van der Waals surface area contributed by atoms with E-state index in [-0.39, 0.29) is 5.82 Å². The zero-order valence-corrected chi connectivity index (χ0v) is 9.30. The molecule has 0 radical (unpaired) electrons. The number of nitrogens with two attached hydrogens (primary N) is 1. The minimum Gasteiger partial charge on any atom is -0.396 e. The SMILES string of the molecule is Nc1ccc(C(F)(F)F)nc1N1CCCCC1. The van der Waals surface area contributed by atoms with Gasteiger partial charge in [-0.05, 0) is 31.4 Å². The van der Waals surface area contributed by atoms with E-state index >= 15 is 0 Å². The number of alkyl halides is 3. The molecule has 2 heterocycles. The first-order chi connectivity index (χ1) is 7.98. The Kier molecular flexibility index (Phi) is 3.13. The van der Waals surface area contributed by atoms with Gasteiger partial charge in [-0.3, -0.25) is 0 Å². The topological polar surface area (TPSA) is 42.1 Å². The number of anilines is 2. The highest BCUT2D eigenvalue weighted by molar-refractivity contribution is 5.63. The molecule has 0 amide bonds. The molecule has 0 saturated carbocycles. The van der Waals surface area contributed by atoms with Gasteiger partial charge in [-0.1, -0.05) is 0 Å². The average molecular weight is 245 g/mol. The molecule has 1 aliphatic rings. The summed E-state index contributed by atoms with van der Waals surface area (Å²) in [6.07, 6.45) is -1.37. The van der Waals surface area contributed by atoms with Crippen LogP contribution in [0.2, 0.25) is 0 Å². The number of nitrogen functional groups attached to an aromatic ring is 1. The number of aromatic nitrogens is 1. The molecule has 0 spiro atoms. The Morgan fingerprint density at radius 3 is 2.35 bits per heavy atom. The Hall–Kier alpha value is -1.46. The highest BCUT2D eigenvalue weighted by Crippen LogP contribution is 2.32. The van der Waals surface area contributed by atoms with E-state index in [2.05, 4.69) is 4.98 Å². The first-order valence-corrected chi connectivity index (χ1v) is 5.57. The van der Waals surface area contributed by atoms with Gasteiger partial charge in [0, 0.05) is 13.1 Å². The van der Waals surface area contributed by atoms with Crippen LogP contribution in [0.25, 0.3) is 0 Å². The van der Waals surface area contributed by atoms with E-state index in [0.717, 1.165) is 38.4 Å². The summed E-state index contributed by atoms with van der Waals surface area (Å²) in [6, 6.07) is 2.20. The molecule has 1 aromatic heterocycles. The average Bonchev–Trinajstić information content (AvgIpc) is 2.29. The molecule has 2 rings (SSSR count). The third-order valence-electron chi connectivity index (χ3n) is 2.85. The summed E-state index contributed by atoms with van der Waals surface area (Å²) in [5.41, 5.74) is 5.12. The van der Waals surface area contributed by atoms with Crippen molar-refractivity contribution in [1.82, 2.24) is 4.98 Å². The van der Waals surface area contributed by atoms with Crippen LogP contribution >= 0.6 is 0 Å². The maximum atomic E-state index is 12.5. The number of rotatable bonds is 1. The molecular weight excluding hydrogens is 231 g/mol. The molecule has 3 nitrogen and oxygen atoms in total. The maximum Gasteiger partial charge on any atom is 0.433 e. The molecule has 0 atom stereocenters. The number of nitrogens with zero attached hydrogens (tertiary/aromatic N) is 2. The molecule has 0 aliphatic carbocycles. The van der Waals surface area contributed by atoms with Gasteiger partial charge < -0.3 is 10.6 Å². The monoisotopic (exact) mass is 245 g/mol. The van der Waals surface area contributed by atoms with E-state index in [1.807, 2.05) is 4.90 Å². The second kappa shape index (κ2) is 4.43. The number of hydrogen-bond donors (Lipinski definition) is 1. The lowest BCUT2D eigenvalue weighted by Crippen LogP contribution is -2.31. The van der Waals surface area contributed by atoms with Gasteiger partial charge in [0.25, 0.3) is 0 Å². The van der Waals surface area contributed by atoms with E-state index in [0.29, 0.717) is 5.69 Å². The Morgan fingerprint density at radius 2 is 1.76 bits per heavy atom. The minimum atomic E-state index is -4.42. The van der Waals surface area contributed by atoms with Crippen LogP contribution in [0, 0.1) is 0 Å². The predicted octanol–water partition coefficient (Wildman–Crippen LogP) is 2.67. The van der Waals surface area contributed by atoms with Crippen molar-refractivity contribution < 1.29 is 13.2 Å². The zero-order chi connectivity index (χ0) is 12.5. The van der Waals surface area contributed by atoms with Gasteiger partial charge in [-0.25, -0.2) is 4.98 Å². The second-order valence-electron chi connectivity index (χ2n) is 4.15. The summed E-state index contributed by atoms with van der Waals surface area (Å²) < 4.78 is 37.6. The maximum absolute atomic E-state index is 12.5. The summed E-state index contributed by atoms with van der Waals surface area (Å²) in [5.74, 6) is 0.263. The molecule has 1 saturated heterocycles. The van der Waals surface area contributed by atoms with Crippen LogP contribution in [0.5, 0.6) is 0 Å². The molecule has 94 valence electrons. The van der Waals surface area contributed by atoms with Gasteiger partial charge in [0.15, 0.2) is 5.82 Å². The van der Waals surface area contributed by atoms with E-state index in [1.165, 1.54) is 6.07 Å². The van der Waals surface area contributed by atoms with Crippen molar-refractivity contribution >= 4 is 11.5 Å². The lowest BCUT2D eigenvalue weighted by Gasteiger charge is -2.29. The summed E-state index contributed by atoms with van der Waals surface area (Å²) >= 11 is 0. The molecule has 1 aliphatic heterocycles. The second-order valence-corrected chi connectivity index (χ2v) is 4.15. The number of halogens is 3. The first-order valence-electron chi connectivity index (χ1n) is 5.57. The van der Waals surface area contributed by atoms with Gasteiger partial charge >= 0.3 is 6.18 Å². The summed E-state index contributed by atoms with van der Waals surface area (Å²) in [4.78, 5) is 5.47. The molecule has 0 bridgehead atoms. The summed E-state index contributed by atoms with van der Waals surface area (Å²) in [7, 11) is 0. The quantitative estimate of drug-likeness (QED) is 0.827. The van der Waals surface area contributed by atoms with E-state index in [1.54, 1.807) is 0 Å². The lowest BCUT2D eigenvalue weighted by atomic mass is 10.1. The van der Waals surface area contributed by atoms with Crippen LogP contribution in [0.15, 0.2) is 12.1 Å². The standard InChI is InChI=1S/C11H14F3N3/c12-11(13,14)9-5-4-8(15)10(16-9)17-6-2-1-3-7-17/h4-5H,1-3,6-7,15H2. The highest BCUT2D eigenvalue weighted by atomic mass is 19.4. The number of piperidine rings is 1. The largest absolute Gasteiger partial charge is 0.433 e. The normalized spacial score (nSPS) is 17.2. The molecule has 2 N–H and O–H groups in total.